The molecule has 0 saturated carbocycles. The van der Waals surface area contributed by atoms with E-state index in [9.17, 15) is 14.9 Å². The number of likely N-dealkylation sites (N-methyl/N-ethyl adjacent to an activating group) is 1. The minimum absolute atomic E-state index is 0.0505. The van der Waals surface area contributed by atoms with E-state index in [1.807, 2.05) is 31.2 Å². The van der Waals surface area contributed by atoms with Gasteiger partial charge < -0.3 is 9.64 Å². The molecule has 2 aromatic carbocycles. The zero-order valence-electron chi connectivity index (χ0n) is 14.0. The molecule has 0 N–H and O–H groups in total. The van der Waals surface area contributed by atoms with Gasteiger partial charge in [0, 0.05) is 24.2 Å². The summed E-state index contributed by atoms with van der Waals surface area (Å²) in [6.45, 7) is 4.27. The van der Waals surface area contributed by atoms with Crippen molar-refractivity contribution in [2.45, 2.75) is 13.8 Å². The Kier molecular flexibility index (Phi) is 5.52. The van der Waals surface area contributed by atoms with E-state index in [0.29, 0.717) is 24.3 Å². The molecule has 0 atom stereocenters. The number of benzene rings is 2. The van der Waals surface area contributed by atoms with Crippen LogP contribution >= 0.6 is 0 Å². The average molecular weight is 328 g/mol. The summed E-state index contributed by atoms with van der Waals surface area (Å²) in [4.78, 5) is 24.5. The Hall–Kier alpha value is -2.89. The van der Waals surface area contributed by atoms with Gasteiger partial charge in [-0.05, 0) is 31.5 Å². The molecule has 0 aliphatic carbocycles. The molecule has 0 unspecified atom stereocenters. The molecule has 126 valence electrons. The highest BCUT2D eigenvalue weighted by Gasteiger charge is 2.20. The Bertz CT molecular complexity index is 758. The third-order valence-corrected chi connectivity index (χ3v) is 3.86. The molecule has 0 fully saturated rings. The maximum atomic E-state index is 12.5. The Balaban J connectivity index is 2.01. The monoisotopic (exact) mass is 328 g/mol. The number of ether oxygens (including phenoxy) is 1. The van der Waals surface area contributed by atoms with E-state index < -0.39 is 4.92 Å². The predicted molar refractivity (Wildman–Crippen MR) is 91.5 cm³/mol. The fraction of sp³-hybridized carbons (Fsp3) is 0.278. The first-order chi connectivity index (χ1) is 11.4. The molecule has 0 aliphatic heterocycles. The second-order valence-electron chi connectivity index (χ2n) is 5.55. The Morgan fingerprint density at radius 2 is 1.88 bits per heavy atom. The van der Waals surface area contributed by atoms with Crippen LogP contribution in [0.1, 0.15) is 21.5 Å². The van der Waals surface area contributed by atoms with Crippen LogP contribution in [0.2, 0.25) is 0 Å². The number of rotatable bonds is 6. The molecule has 1 amide bonds. The molecule has 6 nitrogen and oxygen atoms in total. The Morgan fingerprint density at radius 1 is 1.17 bits per heavy atom. The van der Waals surface area contributed by atoms with E-state index in [-0.39, 0.29) is 11.6 Å². The number of nitrogens with zero attached hydrogens (tertiary/aromatic N) is 2. The molecular formula is C18H20N2O4. The zero-order valence-corrected chi connectivity index (χ0v) is 14.0. The molecule has 0 radical (unpaired) electrons. The second kappa shape index (κ2) is 7.59. The smallest absolute Gasteiger partial charge is 0.273 e. The molecule has 2 aromatic rings. The van der Waals surface area contributed by atoms with E-state index >= 15 is 0 Å². The van der Waals surface area contributed by atoms with Crippen molar-refractivity contribution in [2.24, 2.45) is 0 Å². The molecule has 24 heavy (non-hydrogen) atoms. The van der Waals surface area contributed by atoms with Crippen LogP contribution in [0.5, 0.6) is 5.75 Å². The number of amides is 1. The van der Waals surface area contributed by atoms with Gasteiger partial charge >= 0.3 is 0 Å². The first kappa shape index (κ1) is 17.5. The number of nitro groups is 1. The summed E-state index contributed by atoms with van der Waals surface area (Å²) in [5.74, 6) is 0.523. The lowest BCUT2D eigenvalue weighted by molar-refractivity contribution is -0.385. The van der Waals surface area contributed by atoms with Crippen LogP contribution in [0.15, 0.2) is 42.5 Å². The van der Waals surface area contributed by atoms with E-state index in [1.54, 1.807) is 20.0 Å². The first-order valence-electron chi connectivity index (χ1n) is 7.59. The van der Waals surface area contributed by atoms with Gasteiger partial charge in [0.15, 0.2) is 0 Å². The molecule has 2 rings (SSSR count). The summed E-state index contributed by atoms with van der Waals surface area (Å²) in [6.07, 6.45) is 0. The van der Waals surface area contributed by atoms with Crippen LogP contribution in [0.4, 0.5) is 5.69 Å². The zero-order chi connectivity index (χ0) is 17.7. The topological polar surface area (TPSA) is 72.7 Å². The van der Waals surface area contributed by atoms with E-state index in [0.717, 1.165) is 11.3 Å². The van der Waals surface area contributed by atoms with Crippen molar-refractivity contribution in [3.63, 3.8) is 0 Å². The third-order valence-electron chi connectivity index (χ3n) is 3.86. The first-order valence-corrected chi connectivity index (χ1v) is 7.59. The van der Waals surface area contributed by atoms with Crippen LogP contribution in [0.3, 0.4) is 0 Å². The van der Waals surface area contributed by atoms with Crippen LogP contribution < -0.4 is 4.74 Å². The SMILES string of the molecule is Cc1ccccc1OCCN(C)C(=O)c1cccc([N+](=O)[O-])c1C. The number of hydrogen-bond donors (Lipinski definition) is 0. The highest BCUT2D eigenvalue weighted by molar-refractivity contribution is 5.96. The van der Waals surface area contributed by atoms with Gasteiger partial charge in [0.2, 0.25) is 0 Å². The number of carbonyl (C=O) groups excluding carboxylic acids is 1. The lowest BCUT2D eigenvalue weighted by Gasteiger charge is -2.19. The minimum Gasteiger partial charge on any atom is -0.491 e. The second-order valence-corrected chi connectivity index (χ2v) is 5.55. The third kappa shape index (κ3) is 3.90. The highest BCUT2D eigenvalue weighted by Crippen LogP contribution is 2.22. The van der Waals surface area contributed by atoms with Crippen molar-refractivity contribution in [3.05, 3.63) is 69.3 Å². The standard InChI is InChI=1S/C18H20N2O4/c1-13-7-4-5-10-17(13)24-12-11-19(3)18(21)15-8-6-9-16(14(15)2)20(22)23/h4-10H,11-12H2,1-3H3. The van der Waals surface area contributed by atoms with Gasteiger partial charge in [-0.3, -0.25) is 14.9 Å². The van der Waals surface area contributed by atoms with Crippen molar-refractivity contribution >= 4 is 11.6 Å². The van der Waals surface area contributed by atoms with Crippen LogP contribution in [0, 0.1) is 24.0 Å². The molecule has 0 aliphatic rings. The lowest BCUT2D eigenvalue weighted by Crippen LogP contribution is -2.31. The van der Waals surface area contributed by atoms with Crippen molar-refractivity contribution in [1.82, 2.24) is 4.90 Å². The molecule has 0 saturated heterocycles. The summed E-state index contributed by atoms with van der Waals surface area (Å²) in [5.41, 5.74) is 1.69. The quantitative estimate of drug-likeness (QED) is 0.602. The summed E-state index contributed by atoms with van der Waals surface area (Å²) in [7, 11) is 1.65. The van der Waals surface area contributed by atoms with Crippen LogP contribution in [0.25, 0.3) is 0 Å². The van der Waals surface area contributed by atoms with Gasteiger partial charge in [0.05, 0.1) is 11.5 Å². The number of aryl methyl sites for hydroxylation is 1. The van der Waals surface area contributed by atoms with Crippen LogP contribution in [-0.2, 0) is 0 Å². The van der Waals surface area contributed by atoms with Gasteiger partial charge in [-0.2, -0.15) is 0 Å². The maximum Gasteiger partial charge on any atom is 0.273 e. The Labute approximate surface area is 140 Å². The van der Waals surface area contributed by atoms with E-state index in [2.05, 4.69) is 0 Å². The van der Waals surface area contributed by atoms with Gasteiger partial charge in [-0.15, -0.1) is 0 Å². The minimum atomic E-state index is -0.479. The van der Waals surface area contributed by atoms with Crippen LogP contribution in [-0.4, -0.2) is 35.9 Å². The van der Waals surface area contributed by atoms with Gasteiger partial charge in [0.1, 0.15) is 12.4 Å². The van der Waals surface area contributed by atoms with Crippen molar-refractivity contribution in [3.8, 4) is 5.75 Å². The molecule has 0 spiro atoms. The summed E-state index contributed by atoms with van der Waals surface area (Å²) in [6, 6.07) is 12.2. The number of hydrogen-bond acceptors (Lipinski definition) is 4. The summed E-state index contributed by atoms with van der Waals surface area (Å²) >= 11 is 0. The number of nitro benzene ring substituents is 1. The summed E-state index contributed by atoms with van der Waals surface area (Å²) < 4.78 is 5.68. The fourth-order valence-corrected chi connectivity index (χ4v) is 2.37. The van der Waals surface area contributed by atoms with E-state index in [1.165, 1.54) is 17.0 Å². The predicted octanol–water partition coefficient (Wildman–Crippen LogP) is 3.36. The van der Waals surface area contributed by atoms with Crippen molar-refractivity contribution in [1.29, 1.82) is 0 Å². The lowest BCUT2D eigenvalue weighted by atomic mass is 10.1. The Morgan fingerprint density at radius 3 is 2.54 bits per heavy atom. The van der Waals surface area contributed by atoms with Gasteiger partial charge in [-0.1, -0.05) is 24.3 Å². The average Bonchev–Trinajstić information content (AvgIpc) is 2.55. The molecule has 0 bridgehead atoms. The van der Waals surface area contributed by atoms with Crippen molar-refractivity contribution in [2.75, 3.05) is 20.2 Å². The fourth-order valence-electron chi connectivity index (χ4n) is 2.37. The van der Waals surface area contributed by atoms with Gasteiger partial charge in [0.25, 0.3) is 11.6 Å². The molecule has 6 heteroatoms. The molecule has 0 heterocycles. The molecule has 0 aromatic heterocycles. The van der Waals surface area contributed by atoms with Crippen molar-refractivity contribution < 1.29 is 14.5 Å². The summed E-state index contributed by atoms with van der Waals surface area (Å²) in [5, 5.41) is 11.0. The number of carbonyl (C=O) groups is 1. The normalized spacial score (nSPS) is 10.3. The van der Waals surface area contributed by atoms with Gasteiger partial charge in [-0.25, -0.2) is 0 Å². The largest absolute Gasteiger partial charge is 0.491 e. The van der Waals surface area contributed by atoms with E-state index in [4.69, 9.17) is 4.74 Å². The highest BCUT2D eigenvalue weighted by atomic mass is 16.6. The maximum absolute atomic E-state index is 12.5. The number of para-hydroxylation sites is 1. The molecular weight excluding hydrogens is 308 g/mol.